The summed E-state index contributed by atoms with van der Waals surface area (Å²) in [7, 11) is 1.32. The van der Waals surface area contributed by atoms with E-state index < -0.39 is 5.97 Å². The number of likely N-dealkylation sites (tertiary alicyclic amines) is 1. The number of carbonyl (C=O) groups excluding carboxylic acids is 3. The Kier molecular flexibility index (Phi) is 7.66. The number of nitrogens with one attached hydrogen (secondary N) is 2. The molecule has 0 unspecified atom stereocenters. The van der Waals surface area contributed by atoms with E-state index in [1.165, 1.54) is 13.2 Å². The van der Waals surface area contributed by atoms with E-state index in [9.17, 15) is 18.8 Å². The summed E-state index contributed by atoms with van der Waals surface area (Å²) in [6.45, 7) is 4.93. The number of aromatic amines is 1. The van der Waals surface area contributed by atoms with Gasteiger partial charge in [-0.25, -0.2) is 9.18 Å². The molecule has 32 heavy (non-hydrogen) atoms. The number of amides is 2. The normalized spacial score (nSPS) is 14.3. The molecule has 172 valence electrons. The molecule has 0 atom stereocenters. The maximum atomic E-state index is 13.7. The minimum atomic E-state index is -0.458. The second kappa shape index (κ2) is 10.4. The van der Waals surface area contributed by atoms with Crippen LogP contribution in [0, 0.1) is 18.7 Å². The van der Waals surface area contributed by atoms with Gasteiger partial charge in [0, 0.05) is 31.2 Å². The van der Waals surface area contributed by atoms with Crippen molar-refractivity contribution in [1.29, 1.82) is 0 Å². The zero-order valence-corrected chi connectivity index (χ0v) is 18.8. The summed E-state index contributed by atoms with van der Waals surface area (Å²) in [6.07, 6.45) is 2.13. The van der Waals surface area contributed by atoms with Gasteiger partial charge in [0.2, 0.25) is 5.91 Å². The van der Waals surface area contributed by atoms with Gasteiger partial charge in [0.25, 0.3) is 5.91 Å². The van der Waals surface area contributed by atoms with E-state index in [1.54, 1.807) is 30.0 Å². The molecule has 2 aromatic rings. The minimum absolute atomic E-state index is 0.0641. The molecule has 1 fully saturated rings. The van der Waals surface area contributed by atoms with Gasteiger partial charge in [-0.3, -0.25) is 9.59 Å². The van der Waals surface area contributed by atoms with Crippen molar-refractivity contribution in [2.45, 2.75) is 39.5 Å². The van der Waals surface area contributed by atoms with Crippen LogP contribution in [-0.4, -0.2) is 54.4 Å². The molecule has 2 amide bonds. The van der Waals surface area contributed by atoms with E-state index in [-0.39, 0.29) is 23.5 Å². The molecule has 1 aliphatic rings. The van der Waals surface area contributed by atoms with Crippen LogP contribution in [0.1, 0.15) is 57.4 Å². The largest absolute Gasteiger partial charge is 0.465 e. The van der Waals surface area contributed by atoms with Crippen LogP contribution in [-0.2, 0) is 22.4 Å². The zero-order chi connectivity index (χ0) is 23.3. The molecule has 1 aromatic carbocycles. The van der Waals surface area contributed by atoms with Gasteiger partial charge in [-0.15, -0.1) is 0 Å². The number of benzene rings is 1. The van der Waals surface area contributed by atoms with Crippen molar-refractivity contribution in [3.8, 4) is 0 Å². The highest BCUT2D eigenvalue weighted by Gasteiger charge is 2.31. The molecule has 1 saturated heterocycles. The second-order valence-corrected chi connectivity index (χ2v) is 8.02. The summed E-state index contributed by atoms with van der Waals surface area (Å²) in [5.74, 6) is -1.15. The van der Waals surface area contributed by atoms with Gasteiger partial charge < -0.3 is 19.9 Å². The topological polar surface area (TPSA) is 91.5 Å². The minimum Gasteiger partial charge on any atom is -0.465 e. The Morgan fingerprint density at radius 3 is 2.53 bits per heavy atom. The van der Waals surface area contributed by atoms with Crippen LogP contribution < -0.4 is 5.32 Å². The lowest BCUT2D eigenvalue weighted by atomic mass is 9.95. The van der Waals surface area contributed by atoms with E-state index in [4.69, 9.17) is 4.74 Å². The highest BCUT2D eigenvalue weighted by molar-refractivity contribution is 6.00. The monoisotopic (exact) mass is 443 g/mol. The van der Waals surface area contributed by atoms with Crippen LogP contribution >= 0.6 is 0 Å². The number of aromatic nitrogens is 1. The molecule has 3 rings (SSSR count). The van der Waals surface area contributed by atoms with Crippen molar-refractivity contribution >= 4 is 17.8 Å². The number of aryl methyl sites for hydroxylation is 1. The third-order valence-corrected chi connectivity index (χ3v) is 6.09. The van der Waals surface area contributed by atoms with E-state index in [2.05, 4.69) is 10.3 Å². The highest BCUT2D eigenvalue weighted by atomic mass is 19.1. The predicted molar refractivity (Wildman–Crippen MR) is 118 cm³/mol. The van der Waals surface area contributed by atoms with Crippen LogP contribution in [0.25, 0.3) is 0 Å². The summed E-state index contributed by atoms with van der Waals surface area (Å²) >= 11 is 0. The summed E-state index contributed by atoms with van der Waals surface area (Å²) in [6, 6.07) is 6.54. The summed E-state index contributed by atoms with van der Waals surface area (Å²) in [5.41, 5.74) is 2.67. The van der Waals surface area contributed by atoms with Crippen LogP contribution in [0.4, 0.5) is 4.39 Å². The van der Waals surface area contributed by atoms with Crippen molar-refractivity contribution in [1.82, 2.24) is 15.2 Å². The molecular weight excluding hydrogens is 413 g/mol. The molecule has 0 bridgehead atoms. The molecule has 0 radical (unpaired) electrons. The molecular formula is C24H30FN3O4. The SMILES string of the molecule is CCc1[nH]c(C(=O)N2CCC(C(=O)NCCc3ccccc3F)CC2)c(C)c1C(=O)OC. The molecule has 1 aromatic heterocycles. The molecule has 2 heterocycles. The maximum Gasteiger partial charge on any atom is 0.339 e. The first kappa shape index (κ1) is 23.5. The fourth-order valence-corrected chi connectivity index (χ4v) is 4.18. The quantitative estimate of drug-likeness (QED) is 0.644. The predicted octanol–water partition coefficient (Wildman–Crippen LogP) is 3.02. The van der Waals surface area contributed by atoms with E-state index in [0.717, 1.165) is 0 Å². The van der Waals surface area contributed by atoms with Crippen LogP contribution in [0.2, 0.25) is 0 Å². The van der Waals surface area contributed by atoms with E-state index >= 15 is 0 Å². The van der Waals surface area contributed by atoms with Gasteiger partial charge in [-0.05, 0) is 49.8 Å². The Hall–Kier alpha value is -3.16. The number of halogens is 1. The van der Waals surface area contributed by atoms with Crippen molar-refractivity contribution in [2.24, 2.45) is 5.92 Å². The van der Waals surface area contributed by atoms with Gasteiger partial charge >= 0.3 is 5.97 Å². The first-order chi connectivity index (χ1) is 15.4. The Balaban J connectivity index is 1.54. The second-order valence-electron chi connectivity index (χ2n) is 8.02. The average molecular weight is 444 g/mol. The van der Waals surface area contributed by atoms with Gasteiger partial charge in [0.1, 0.15) is 11.5 Å². The van der Waals surface area contributed by atoms with Crippen molar-refractivity contribution in [3.63, 3.8) is 0 Å². The molecule has 7 nitrogen and oxygen atoms in total. The van der Waals surface area contributed by atoms with E-state index in [0.29, 0.717) is 73.4 Å². The number of rotatable bonds is 7. The summed E-state index contributed by atoms with van der Waals surface area (Å²) in [4.78, 5) is 42.5. The van der Waals surface area contributed by atoms with E-state index in [1.807, 2.05) is 6.92 Å². The van der Waals surface area contributed by atoms with Crippen molar-refractivity contribution < 1.29 is 23.5 Å². The molecule has 0 saturated carbocycles. The number of hydrogen-bond acceptors (Lipinski definition) is 4. The van der Waals surface area contributed by atoms with Crippen LogP contribution in [0.3, 0.4) is 0 Å². The molecule has 1 aliphatic heterocycles. The molecule has 0 spiro atoms. The van der Waals surface area contributed by atoms with Crippen LogP contribution in [0.15, 0.2) is 24.3 Å². The number of H-pyrrole nitrogens is 1. The van der Waals surface area contributed by atoms with Crippen LogP contribution in [0.5, 0.6) is 0 Å². The van der Waals surface area contributed by atoms with Gasteiger partial charge in [-0.1, -0.05) is 25.1 Å². The number of methoxy groups -OCH3 is 1. The Bertz CT molecular complexity index is 993. The third kappa shape index (κ3) is 5.00. The first-order valence-electron chi connectivity index (χ1n) is 11.0. The first-order valence-corrected chi connectivity index (χ1v) is 11.0. The number of ether oxygens (including phenoxy) is 1. The number of nitrogens with zero attached hydrogens (tertiary/aromatic N) is 1. The Morgan fingerprint density at radius 1 is 1.22 bits per heavy atom. The number of piperidine rings is 1. The zero-order valence-electron chi connectivity index (χ0n) is 18.8. The Morgan fingerprint density at radius 2 is 1.91 bits per heavy atom. The molecule has 2 N–H and O–H groups in total. The standard InChI is InChI=1S/C24H30FN3O4/c1-4-19-20(24(31)32-3)15(2)21(27-19)23(30)28-13-10-17(11-14-28)22(29)26-12-9-16-7-5-6-8-18(16)25/h5-8,17,27H,4,9-14H2,1-3H3,(H,26,29). The maximum absolute atomic E-state index is 13.7. The van der Waals surface area contributed by atoms with Gasteiger partial charge in [-0.2, -0.15) is 0 Å². The number of hydrogen-bond donors (Lipinski definition) is 2. The van der Waals surface area contributed by atoms with Crippen molar-refractivity contribution in [3.05, 3.63) is 58.2 Å². The summed E-state index contributed by atoms with van der Waals surface area (Å²) < 4.78 is 18.5. The number of esters is 1. The lowest BCUT2D eigenvalue weighted by molar-refractivity contribution is -0.126. The lowest BCUT2D eigenvalue weighted by Gasteiger charge is -2.31. The molecule has 0 aliphatic carbocycles. The fourth-order valence-electron chi connectivity index (χ4n) is 4.18. The fraction of sp³-hybridized carbons (Fsp3) is 0.458. The lowest BCUT2D eigenvalue weighted by Crippen LogP contribution is -2.43. The Labute approximate surface area is 187 Å². The highest BCUT2D eigenvalue weighted by Crippen LogP contribution is 2.24. The number of carbonyl (C=O) groups is 3. The molecule has 8 heteroatoms. The smallest absolute Gasteiger partial charge is 0.339 e. The van der Waals surface area contributed by atoms with Crippen molar-refractivity contribution in [2.75, 3.05) is 26.7 Å². The third-order valence-electron chi connectivity index (χ3n) is 6.09. The average Bonchev–Trinajstić information content (AvgIpc) is 3.15. The van der Waals surface area contributed by atoms with Gasteiger partial charge in [0.05, 0.1) is 12.7 Å². The van der Waals surface area contributed by atoms with Gasteiger partial charge in [0.15, 0.2) is 0 Å². The summed E-state index contributed by atoms with van der Waals surface area (Å²) in [5, 5.41) is 2.88.